The van der Waals surface area contributed by atoms with E-state index in [0.29, 0.717) is 25.8 Å². The SMILES string of the molecule is CC(C)c1ccccc1O[C@H](C)C(=O)N1CCN(Cc2ccc3c(c2)OCO3)CC1. The molecule has 6 nitrogen and oxygen atoms in total. The van der Waals surface area contributed by atoms with Gasteiger partial charge >= 0.3 is 0 Å². The van der Waals surface area contributed by atoms with Crippen LogP contribution in [0.25, 0.3) is 0 Å². The van der Waals surface area contributed by atoms with Crippen LogP contribution in [0.2, 0.25) is 0 Å². The molecule has 2 aliphatic heterocycles. The van der Waals surface area contributed by atoms with Gasteiger partial charge in [-0.25, -0.2) is 0 Å². The van der Waals surface area contributed by atoms with Crippen LogP contribution in [0, 0.1) is 0 Å². The Hall–Kier alpha value is -2.73. The van der Waals surface area contributed by atoms with E-state index in [9.17, 15) is 4.79 Å². The highest BCUT2D eigenvalue weighted by atomic mass is 16.7. The molecule has 1 fully saturated rings. The lowest BCUT2D eigenvalue weighted by Gasteiger charge is -2.36. The van der Waals surface area contributed by atoms with Crippen LogP contribution in [-0.4, -0.2) is 54.8 Å². The minimum Gasteiger partial charge on any atom is -0.481 e. The number of rotatable bonds is 6. The highest BCUT2D eigenvalue weighted by molar-refractivity contribution is 5.81. The Morgan fingerprint density at radius 2 is 1.73 bits per heavy atom. The molecule has 4 rings (SSSR count). The maximum atomic E-state index is 12.9. The summed E-state index contributed by atoms with van der Waals surface area (Å²) in [5.41, 5.74) is 2.33. The zero-order valence-electron chi connectivity index (χ0n) is 18.0. The topological polar surface area (TPSA) is 51.2 Å². The summed E-state index contributed by atoms with van der Waals surface area (Å²) in [6.45, 7) is 10.4. The Labute approximate surface area is 178 Å². The van der Waals surface area contributed by atoms with E-state index in [2.05, 4.69) is 30.9 Å². The number of ether oxygens (including phenoxy) is 3. The zero-order chi connectivity index (χ0) is 21.1. The van der Waals surface area contributed by atoms with Crippen molar-refractivity contribution in [1.82, 2.24) is 9.80 Å². The number of nitrogens with zero attached hydrogens (tertiary/aromatic N) is 2. The van der Waals surface area contributed by atoms with Crippen LogP contribution in [0.4, 0.5) is 0 Å². The van der Waals surface area contributed by atoms with Crippen LogP contribution >= 0.6 is 0 Å². The second-order valence-corrected chi connectivity index (χ2v) is 8.24. The third-order valence-electron chi connectivity index (χ3n) is 5.72. The van der Waals surface area contributed by atoms with Gasteiger partial charge in [-0.1, -0.05) is 38.1 Å². The molecule has 2 aliphatic rings. The van der Waals surface area contributed by atoms with Gasteiger partial charge in [0, 0.05) is 32.7 Å². The fraction of sp³-hybridized carbons (Fsp3) is 0.458. The van der Waals surface area contributed by atoms with Gasteiger partial charge in [-0.3, -0.25) is 9.69 Å². The summed E-state index contributed by atoms with van der Waals surface area (Å²) in [5.74, 6) is 2.82. The quantitative estimate of drug-likeness (QED) is 0.728. The number of carbonyl (C=O) groups is 1. The van der Waals surface area contributed by atoms with Crippen molar-refractivity contribution in [2.75, 3.05) is 33.0 Å². The molecule has 6 heteroatoms. The first-order valence-corrected chi connectivity index (χ1v) is 10.7. The minimum absolute atomic E-state index is 0.0521. The summed E-state index contributed by atoms with van der Waals surface area (Å²) in [4.78, 5) is 17.2. The first kappa shape index (κ1) is 20.5. The van der Waals surface area contributed by atoms with Crippen molar-refractivity contribution in [2.45, 2.75) is 39.3 Å². The Morgan fingerprint density at radius 1 is 1.00 bits per heavy atom. The predicted molar refractivity (Wildman–Crippen MR) is 115 cm³/mol. The molecule has 0 aromatic heterocycles. The molecular weight excluding hydrogens is 380 g/mol. The second kappa shape index (κ2) is 8.96. The van der Waals surface area contributed by atoms with E-state index in [1.54, 1.807) is 0 Å². The molecule has 2 heterocycles. The van der Waals surface area contributed by atoms with Crippen LogP contribution in [0.5, 0.6) is 17.2 Å². The van der Waals surface area contributed by atoms with E-state index in [-0.39, 0.29) is 5.91 Å². The van der Waals surface area contributed by atoms with Gasteiger partial charge in [0.25, 0.3) is 5.91 Å². The molecule has 1 saturated heterocycles. The number of fused-ring (bicyclic) bond motifs is 1. The number of hydrogen-bond acceptors (Lipinski definition) is 5. The third kappa shape index (κ3) is 4.54. The van der Waals surface area contributed by atoms with Crippen molar-refractivity contribution >= 4 is 5.91 Å². The maximum Gasteiger partial charge on any atom is 0.263 e. The molecule has 0 N–H and O–H groups in total. The molecule has 0 saturated carbocycles. The molecule has 0 spiro atoms. The lowest BCUT2D eigenvalue weighted by Crippen LogP contribution is -2.51. The van der Waals surface area contributed by atoms with E-state index in [4.69, 9.17) is 14.2 Å². The summed E-state index contributed by atoms with van der Waals surface area (Å²) in [5, 5.41) is 0. The summed E-state index contributed by atoms with van der Waals surface area (Å²) in [6.07, 6.45) is -0.495. The maximum absolute atomic E-state index is 12.9. The molecule has 0 aliphatic carbocycles. The van der Waals surface area contributed by atoms with Crippen LogP contribution in [0.15, 0.2) is 42.5 Å². The Kier molecular flexibility index (Phi) is 6.13. The highest BCUT2D eigenvalue weighted by Crippen LogP contribution is 2.33. The van der Waals surface area contributed by atoms with Crippen molar-refractivity contribution in [2.24, 2.45) is 0 Å². The Balaban J connectivity index is 1.30. The molecule has 0 bridgehead atoms. The Bertz CT molecular complexity index is 891. The van der Waals surface area contributed by atoms with Gasteiger partial charge in [0.1, 0.15) is 5.75 Å². The van der Waals surface area contributed by atoms with Crippen molar-refractivity contribution in [1.29, 1.82) is 0 Å². The van der Waals surface area contributed by atoms with Gasteiger partial charge < -0.3 is 19.1 Å². The van der Waals surface area contributed by atoms with Crippen LogP contribution in [0.3, 0.4) is 0 Å². The number of benzene rings is 2. The summed E-state index contributed by atoms with van der Waals surface area (Å²) < 4.78 is 16.9. The van der Waals surface area contributed by atoms with E-state index in [1.807, 2.05) is 42.2 Å². The van der Waals surface area contributed by atoms with E-state index in [1.165, 1.54) is 5.56 Å². The number of carbonyl (C=O) groups excluding carboxylic acids is 1. The molecule has 0 unspecified atom stereocenters. The third-order valence-corrected chi connectivity index (χ3v) is 5.72. The van der Waals surface area contributed by atoms with E-state index < -0.39 is 6.10 Å². The summed E-state index contributed by atoms with van der Waals surface area (Å²) in [6, 6.07) is 14.1. The van der Waals surface area contributed by atoms with Crippen molar-refractivity contribution in [3.63, 3.8) is 0 Å². The predicted octanol–water partition coefficient (Wildman–Crippen LogP) is 3.65. The fourth-order valence-electron chi connectivity index (χ4n) is 3.99. The molecule has 1 amide bonds. The van der Waals surface area contributed by atoms with Crippen molar-refractivity contribution in [3.8, 4) is 17.2 Å². The van der Waals surface area contributed by atoms with Gasteiger partial charge in [-0.2, -0.15) is 0 Å². The van der Waals surface area contributed by atoms with Gasteiger partial charge in [0.15, 0.2) is 17.6 Å². The van der Waals surface area contributed by atoms with Crippen LogP contribution in [0.1, 0.15) is 37.8 Å². The first-order valence-electron chi connectivity index (χ1n) is 10.7. The molecule has 30 heavy (non-hydrogen) atoms. The van der Waals surface area contributed by atoms with Gasteiger partial charge in [0.2, 0.25) is 6.79 Å². The normalized spacial score (nSPS) is 17.3. The van der Waals surface area contributed by atoms with Crippen molar-refractivity contribution in [3.05, 3.63) is 53.6 Å². The Morgan fingerprint density at radius 3 is 2.50 bits per heavy atom. The zero-order valence-corrected chi connectivity index (χ0v) is 18.0. The minimum atomic E-state index is -0.495. The lowest BCUT2D eigenvalue weighted by molar-refractivity contribution is -0.139. The first-order chi connectivity index (χ1) is 14.5. The van der Waals surface area contributed by atoms with Crippen LogP contribution in [-0.2, 0) is 11.3 Å². The largest absolute Gasteiger partial charge is 0.481 e. The van der Waals surface area contributed by atoms with Crippen LogP contribution < -0.4 is 14.2 Å². The second-order valence-electron chi connectivity index (χ2n) is 8.24. The van der Waals surface area contributed by atoms with E-state index >= 15 is 0 Å². The molecule has 0 radical (unpaired) electrons. The summed E-state index contributed by atoms with van der Waals surface area (Å²) in [7, 11) is 0. The molecular formula is C24H30N2O4. The highest BCUT2D eigenvalue weighted by Gasteiger charge is 2.27. The smallest absolute Gasteiger partial charge is 0.263 e. The fourth-order valence-corrected chi connectivity index (χ4v) is 3.99. The standard InChI is InChI=1S/C24H30N2O4/c1-17(2)20-6-4-5-7-21(20)30-18(3)24(27)26-12-10-25(11-13-26)15-19-8-9-22-23(14-19)29-16-28-22/h4-9,14,17-18H,10-13,15-16H2,1-3H3/t18-/m1/s1. The molecule has 2 aromatic carbocycles. The van der Waals surface area contributed by atoms with E-state index in [0.717, 1.165) is 42.4 Å². The lowest BCUT2D eigenvalue weighted by atomic mass is 10.0. The molecule has 160 valence electrons. The van der Waals surface area contributed by atoms with Gasteiger partial charge in [-0.15, -0.1) is 0 Å². The number of para-hydroxylation sites is 1. The molecule has 1 atom stereocenters. The van der Waals surface area contributed by atoms with Gasteiger partial charge in [0.05, 0.1) is 0 Å². The number of amides is 1. The number of hydrogen-bond donors (Lipinski definition) is 0. The monoisotopic (exact) mass is 410 g/mol. The van der Waals surface area contributed by atoms with Gasteiger partial charge in [-0.05, 0) is 42.2 Å². The molecule has 2 aromatic rings. The average Bonchev–Trinajstić information content (AvgIpc) is 3.22. The summed E-state index contributed by atoms with van der Waals surface area (Å²) >= 11 is 0. The number of piperazine rings is 1. The van der Waals surface area contributed by atoms with Crippen molar-refractivity contribution < 1.29 is 19.0 Å². The average molecular weight is 411 g/mol.